The highest BCUT2D eigenvalue weighted by Gasteiger charge is 2.18. The molecule has 24 heavy (non-hydrogen) atoms. The number of nitrogens with one attached hydrogen (secondary N) is 1. The molecule has 5 nitrogen and oxygen atoms in total. The van der Waals surface area contributed by atoms with Crippen LogP contribution in [0.5, 0.6) is 0 Å². The van der Waals surface area contributed by atoms with Crippen molar-refractivity contribution in [2.24, 2.45) is 0 Å². The van der Waals surface area contributed by atoms with Gasteiger partial charge in [0.05, 0.1) is 12.3 Å². The van der Waals surface area contributed by atoms with Gasteiger partial charge in [-0.1, -0.05) is 25.2 Å². The van der Waals surface area contributed by atoms with E-state index in [1.54, 1.807) is 37.7 Å². The third-order valence-corrected chi connectivity index (χ3v) is 5.03. The molecule has 0 aliphatic heterocycles. The number of amides is 1. The van der Waals surface area contributed by atoms with Gasteiger partial charge in [0.15, 0.2) is 5.13 Å². The van der Waals surface area contributed by atoms with Crippen LogP contribution in [0.25, 0.3) is 0 Å². The number of aryl methyl sites for hydroxylation is 1. The highest BCUT2D eigenvalue weighted by Crippen LogP contribution is 2.25. The number of carbonyl (C=O) groups is 2. The number of hydrogen-bond acceptors (Lipinski definition) is 6. The van der Waals surface area contributed by atoms with Gasteiger partial charge in [0.2, 0.25) is 0 Å². The Hall–Kier alpha value is -1.86. The van der Waals surface area contributed by atoms with Crippen LogP contribution in [0.2, 0.25) is 0 Å². The number of aromatic nitrogens is 1. The molecule has 0 radical (unpaired) electrons. The smallest absolute Gasteiger partial charge is 0.350 e. The maximum absolute atomic E-state index is 12.3. The van der Waals surface area contributed by atoms with Crippen molar-refractivity contribution in [3.8, 4) is 0 Å². The lowest BCUT2D eigenvalue weighted by atomic mass is 10.2. The highest BCUT2D eigenvalue weighted by molar-refractivity contribution is 7.99. The van der Waals surface area contributed by atoms with Crippen molar-refractivity contribution < 1.29 is 14.3 Å². The van der Waals surface area contributed by atoms with E-state index < -0.39 is 5.97 Å². The molecule has 7 heteroatoms. The minimum atomic E-state index is -0.414. The molecule has 0 aliphatic carbocycles. The van der Waals surface area contributed by atoms with Crippen molar-refractivity contribution in [3.05, 3.63) is 40.4 Å². The fourth-order valence-corrected chi connectivity index (χ4v) is 3.66. The first kappa shape index (κ1) is 18.5. The van der Waals surface area contributed by atoms with Crippen molar-refractivity contribution in [2.45, 2.75) is 37.8 Å². The second-order valence-corrected chi connectivity index (χ2v) is 7.95. The van der Waals surface area contributed by atoms with Gasteiger partial charge < -0.3 is 4.74 Å². The van der Waals surface area contributed by atoms with Crippen LogP contribution in [0.15, 0.2) is 29.2 Å². The highest BCUT2D eigenvalue weighted by atomic mass is 32.2. The van der Waals surface area contributed by atoms with Crippen molar-refractivity contribution in [3.63, 3.8) is 0 Å². The predicted octanol–water partition coefficient (Wildman–Crippen LogP) is 4.38. The number of esters is 1. The summed E-state index contributed by atoms with van der Waals surface area (Å²) in [5.41, 5.74) is 1.10. The van der Waals surface area contributed by atoms with Crippen LogP contribution in [-0.4, -0.2) is 28.7 Å². The summed E-state index contributed by atoms with van der Waals surface area (Å²) in [6.07, 6.45) is 0. The average Bonchev–Trinajstić information content (AvgIpc) is 2.88. The van der Waals surface area contributed by atoms with Crippen LogP contribution in [0, 0.1) is 6.92 Å². The quantitative estimate of drug-likeness (QED) is 0.608. The van der Waals surface area contributed by atoms with Crippen molar-refractivity contribution in [1.29, 1.82) is 0 Å². The van der Waals surface area contributed by atoms with Crippen LogP contribution in [0.3, 0.4) is 0 Å². The first-order valence-corrected chi connectivity index (χ1v) is 9.33. The Morgan fingerprint density at radius 3 is 2.54 bits per heavy atom. The number of carbonyl (C=O) groups excluding carboxylic acids is 2. The lowest BCUT2D eigenvalue weighted by Gasteiger charge is -2.06. The number of nitrogens with zero attached hydrogens (tertiary/aromatic N) is 1. The van der Waals surface area contributed by atoms with E-state index in [4.69, 9.17) is 4.74 Å². The fraction of sp³-hybridized carbons (Fsp3) is 0.353. The molecule has 1 aromatic heterocycles. The summed E-state index contributed by atoms with van der Waals surface area (Å²) < 4.78 is 4.97. The first-order chi connectivity index (χ1) is 11.4. The van der Waals surface area contributed by atoms with Gasteiger partial charge in [0, 0.05) is 15.7 Å². The largest absolute Gasteiger partial charge is 0.462 e. The van der Waals surface area contributed by atoms with Gasteiger partial charge in [-0.15, -0.1) is 11.8 Å². The monoisotopic (exact) mass is 364 g/mol. The zero-order valence-electron chi connectivity index (χ0n) is 14.1. The molecule has 1 N–H and O–H groups in total. The molecular weight excluding hydrogens is 344 g/mol. The molecule has 1 amide bonds. The third kappa shape index (κ3) is 4.82. The van der Waals surface area contributed by atoms with Crippen LogP contribution >= 0.6 is 23.1 Å². The van der Waals surface area contributed by atoms with E-state index in [0.29, 0.717) is 33.1 Å². The molecule has 0 atom stereocenters. The Morgan fingerprint density at radius 1 is 1.29 bits per heavy atom. The summed E-state index contributed by atoms with van der Waals surface area (Å²) in [7, 11) is 0. The molecule has 0 unspecified atom stereocenters. The number of ether oxygens (including phenoxy) is 1. The molecule has 2 aromatic rings. The number of hydrogen-bond donors (Lipinski definition) is 1. The zero-order valence-corrected chi connectivity index (χ0v) is 15.7. The van der Waals surface area contributed by atoms with Crippen LogP contribution < -0.4 is 5.32 Å². The van der Waals surface area contributed by atoms with Crippen molar-refractivity contribution >= 4 is 40.1 Å². The van der Waals surface area contributed by atoms with E-state index in [1.165, 1.54) is 0 Å². The zero-order chi connectivity index (χ0) is 17.7. The first-order valence-electron chi connectivity index (χ1n) is 7.63. The number of thioether (sulfide) groups is 1. The molecule has 0 fully saturated rings. The SMILES string of the molecule is CCOC(=O)c1sc(NC(=O)c2ccc(SC(C)C)cc2)nc1C. The fourth-order valence-electron chi connectivity index (χ4n) is 1.96. The van der Waals surface area contributed by atoms with Crippen LogP contribution in [-0.2, 0) is 4.74 Å². The van der Waals surface area contributed by atoms with E-state index in [-0.39, 0.29) is 5.91 Å². The molecule has 0 saturated heterocycles. The summed E-state index contributed by atoms with van der Waals surface area (Å²) >= 11 is 2.86. The summed E-state index contributed by atoms with van der Waals surface area (Å²) in [5.74, 6) is -0.664. The predicted molar refractivity (Wildman–Crippen MR) is 98.2 cm³/mol. The number of rotatable bonds is 6. The molecule has 2 rings (SSSR count). The minimum Gasteiger partial charge on any atom is -0.462 e. The average molecular weight is 364 g/mol. The molecule has 0 spiro atoms. The number of anilines is 1. The summed E-state index contributed by atoms with van der Waals surface area (Å²) in [5, 5.41) is 3.61. The molecule has 128 valence electrons. The second kappa shape index (κ2) is 8.30. The van der Waals surface area contributed by atoms with Gasteiger partial charge in [-0.25, -0.2) is 9.78 Å². The van der Waals surface area contributed by atoms with Gasteiger partial charge in [0.25, 0.3) is 5.91 Å². The van der Waals surface area contributed by atoms with Crippen molar-refractivity contribution in [1.82, 2.24) is 4.98 Å². The minimum absolute atomic E-state index is 0.250. The summed E-state index contributed by atoms with van der Waals surface area (Å²) in [4.78, 5) is 29.8. The van der Waals surface area contributed by atoms with Crippen LogP contribution in [0.4, 0.5) is 5.13 Å². The molecule has 1 heterocycles. The van der Waals surface area contributed by atoms with Gasteiger partial charge in [-0.3, -0.25) is 10.1 Å². The normalized spacial score (nSPS) is 10.7. The molecule has 0 aliphatic rings. The van der Waals surface area contributed by atoms with E-state index in [9.17, 15) is 9.59 Å². The van der Waals surface area contributed by atoms with Gasteiger partial charge in [-0.05, 0) is 38.1 Å². The second-order valence-electron chi connectivity index (χ2n) is 5.30. The van der Waals surface area contributed by atoms with Gasteiger partial charge in [-0.2, -0.15) is 0 Å². The Labute approximate surface area is 149 Å². The van der Waals surface area contributed by atoms with E-state index >= 15 is 0 Å². The van der Waals surface area contributed by atoms with Crippen molar-refractivity contribution in [2.75, 3.05) is 11.9 Å². The number of thiazole rings is 1. The Kier molecular flexibility index (Phi) is 6.39. The summed E-state index contributed by atoms with van der Waals surface area (Å²) in [6, 6.07) is 7.42. The Morgan fingerprint density at radius 2 is 1.96 bits per heavy atom. The van der Waals surface area contributed by atoms with Gasteiger partial charge in [0.1, 0.15) is 4.88 Å². The maximum Gasteiger partial charge on any atom is 0.350 e. The van der Waals surface area contributed by atoms with Gasteiger partial charge >= 0.3 is 5.97 Å². The maximum atomic E-state index is 12.3. The molecule has 0 bridgehead atoms. The third-order valence-electron chi connectivity index (χ3n) is 2.97. The lowest BCUT2D eigenvalue weighted by Crippen LogP contribution is -2.11. The van der Waals surface area contributed by atoms with E-state index in [2.05, 4.69) is 24.1 Å². The van der Waals surface area contributed by atoms with E-state index in [0.717, 1.165) is 16.2 Å². The number of benzene rings is 1. The molecular formula is C17H20N2O3S2. The van der Waals surface area contributed by atoms with Crippen LogP contribution in [0.1, 0.15) is 46.5 Å². The molecule has 0 saturated carbocycles. The lowest BCUT2D eigenvalue weighted by molar-refractivity contribution is 0.0531. The topological polar surface area (TPSA) is 68.3 Å². The Bertz CT molecular complexity index is 724. The molecule has 1 aromatic carbocycles. The Balaban J connectivity index is 2.07. The van der Waals surface area contributed by atoms with E-state index in [1.807, 2.05) is 12.1 Å². The summed E-state index contributed by atoms with van der Waals surface area (Å²) in [6.45, 7) is 8.02. The standard InChI is InChI=1S/C17H20N2O3S2/c1-5-22-16(21)14-11(4)18-17(24-14)19-15(20)12-6-8-13(9-7-12)23-10(2)3/h6-10H,5H2,1-4H3,(H,18,19,20).